The number of fused-ring (bicyclic) bond motifs is 2. The van der Waals surface area contributed by atoms with Gasteiger partial charge in [0.15, 0.2) is 0 Å². The van der Waals surface area contributed by atoms with E-state index in [2.05, 4.69) is 22.4 Å². The first-order chi connectivity index (χ1) is 14.4. The first kappa shape index (κ1) is 19.8. The Morgan fingerprint density at radius 2 is 1.97 bits per heavy atom. The molecule has 0 bridgehead atoms. The number of rotatable bonds is 5. The molecule has 1 atom stereocenters. The number of benzene rings is 2. The highest BCUT2D eigenvalue weighted by Crippen LogP contribution is 2.24. The van der Waals surface area contributed by atoms with Crippen LogP contribution in [0.3, 0.4) is 0 Å². The fourth-order valence-electron chi connectivity index (χ4n) is 3.92. The van der Waals surface area contributed by atoms with E-state index in [1.54, 1.807) is 0 Å². The zero-order chi connectivity index (χ0) is 21.3. The zero-order valence-electron chi connectivity index (χ0n) is 16.6. The topological polar surface area (TPSA) is 107 Å². The van der Waals surface area contributed by atoms with E-state index in [1.165, 1.54) is 53.1 Å². The minimum Gasteiger partial charge on any atom is -0.348 e. The van der Waals surface area contributed by atoms with Gasteiger partial charge < -0.3 is 5.32 Å². The fourth-order valence-corrected chi connectivity index (χ4v) is 3.92. The summed E-state index contributed by atoms with van der Waals surface area (Å²) < 4.78 is 1.17. The molecule has 4 rings (SSSR count). The number of nitro groups is 1. The predicted molar refractivity (Wildman–Crippen MR) is 112 cm³/mol. The van der Waals surface area contributed by atoms with Crippen molar-refractivity contribution in [1.29, 1.82) is 0 Å². The smallest absolute Gasteiger partial charge is 0.270 e. The Kier molecular flexibility index (Phi) is 5.31. The van der Waals surface area contributed by atoms with Gasteiger partial charge in [-0.15, -0.1) is 0 Å². The van der Waals surface area contributed by atoms with Crippen molar-refractivity contribution in [2.45, 2.75) is 45.2 Å². The third-order valence-electron chi connectivity index (χ3n) is 5.58. The zero-order valence-corrected chi connectivity index (χ0v) is 16.6. The van der Waals surface area contributed by atoms with Crippen molar-refractivity contribution in [2.24, 2.45) is 0 Å². The summed E-state index contributed by atoms with van der Waals surface area (Å²) in [6.07, 6.45) is 5.86. The van der Waals surface area contributed by atoms with Crippen LogP contribution >= 0.6 is 0 Å². The molecule has 8 heteroatoms. The molecule has 0 fully saturated rings. The van der Waals surface area contributed by atoms with E-state index in [0.717, 1.165) is 18.4 Å². The van der Waals surface area contributed by atoms with Gasteiger partial charge in [-0.05, 0) is 55.4 Å². The van der Waals surface area contributed by atoms with Crippen molar-refractivity contribution in [3.8, 4) is 0 Å². The number of carbonyl (C=O) groups excluding carboxylic acids is 1. The highest BCUT2D eigenvalue weighted by molar-refractivity contribution is 5.81. The molecule has 8 nitrogen and oxygen atoms in total. The molecule has 1 amide bonds. The molecule has 1 N–H and O–H groups in total. The van der Waals surface area contributed by atoms with Crippen LogP contribution in [0.25, 0.3) is 10.9 Å². The first-order valence-corrected chi connectivity index (χ1v) is 9.97. The number of aromatic nitrogens is 2. The monoisotopic (exact) mass is 406 g/mol. The largest absolute Gasteiger partial charge is 0.348 e. The number of hydrogen-bond acceptors (Lipinski definition) is 5. The number of nitrogens with zero attached hydrogens (tertiary/aromatic N) is 3. The fraction of sp³-hybridized carbons (Fsp3) is 0.318. The van der Waals surface area contributed by atoms with Crippen LogP contribution < -0.4 is 10.9 Å². The van der Waals surface area contributed by atoms with Gasteiger partial charge in [-0.1, -0.05) is 18.2 Å². The van der Waals surface area contributed by atoms with Crippen LogP contribution in [0.15, 0.2) is 47.5 Å². The molecule has 0 saturated carbocycles. The number of hydrogen-bond donors (Lipinski definition) is 1. The summed E-state index contributed by atoms with van der Waals surface area (Å²) in [4.78, 5) is 39.8. The second-order valence-electron chi connectivity index (χ2n) is 7.66. The second-order valence-corrected chi connectivity index (χ2v) is 7.66. The number of non-ortho nitro benzene ring substituents is 1. The van der Waals surface area contributed by atoms with E-state index in [1.807, 2.05) is 13.0 Å². The molecule has 0 spiro atoms. The predicted octanol–water partition coefficient (Wildman–Crippen LogP) is 3.06. The lowest BCUT2D eigenvalue weighted by Gasteiger charge is -2.20. The van der Waals surface area contributed by atoms with Crippen molar-refractivity contribution >= 4 is 22.5 Å². The maximum atomic E-state index is 12.7. The van der Waals surface area contributed by atoms with Gasteiger partial charge in [0.1, 0.15) is 6.54 Å². The van der Waals surface area contributed by atoms with Gasteiger partial charge in [-0.2, -0.15) is 0 Å². The first-order valence-electron chi connectivity index (χ1n) is 9.97. The Morgan fingerprint density at radius 1 is 1.20 bits per heavy atom. The summed E-state index contributed by atoms with van der Waals surface area (Å²) in [5.74, 6) is -0.325. The maximum Gasteiger partial charge on any atom is 0.270 e. The van der Waals surface area contributed by atoms with E-state index in [4.69, 9.17) is 0 Å². The maximum absolute atomic E-state index is 12.7. The summed E-state index contributed by atoms with van der Waals surface area (Å²) in [5, 5.41) is 14.0. The molecule has 1 aliphatic carbocycles. The van der Waals surface area contributed by atoms with Gasteiger partial charge in [0, 0.05) is 12.1 Å². The third kappa shape index (κ3) is 3.94. The molecule has 1 aliphatic rings. The lowest BCUT2D eigenvalue weighted by Crippen LogP contribution is -2.34. The van der Waals surface area contributed by atoms with E-state index in [9.17, 15) is 19.7 Å². The molecular weight excluding hydrogens is 384 g/mol. The van der Waals surface area contributed by atoms with E-state index >= 15 is 0 Å². The molecule has 0 saturated heterocycles. The number of nitrogens with one attached hydrogen (secondary N) is 1. The van der Waals surface area contributed by atoms with Crippen molar-refractivity contribution < 1.29 is 9.72 Å². The number of carbonyl (C=O) groups is 1. The van der Waals surface area contributed by atoms with Crippen molar-refractivity contribution in [2.75, 3.05) is 0 Å². The highest BCUT2D eigenvalue weighted by Gasteiger charge is 2.16. The van der Waals surface area contributed by atoms with Gasteiger partial charge in [0.05, 0.1) is 28.2 Å². The molecular formula is C22H22N4O4. The van der Waals surface area contributed by atoms with Gasteiger partial charge in [0.25, 0.3) is 11.2 Å². The van der Waals surface area contributed by atoms with Gasteiger partial charge in [-0.3, -0.25) is 24.3 Å². The second kappa shape index (κ2) is 8.06. The molecule has 3 aromatic rings. The summed E-state index contributed by atoms with van der Waals surface area (Å²) in [5.41, 5.74) is 3.43. The number of aryl methyl sites for hydroxylation is 2. The van der Waals surface area contributed by atoms with Crippen LogP contribution in [0.5, 0.6) is 0 Å². The normalized spacial score (nSPS) is 14.2. The Bertz CT molecular complexity index is 1200. The molecule has 1 heterocycles. The molecule has 0 radical (unpaired) electrons. The van der Waals surface area contributed by atoms with Crippen LogP contribution in [0.2, 0.25) is 0 Å². The summed E-state index contributed by atoms with van der Waals surface area (Å²) in [7, 11) is 0. The van der Waals surface area contributed by atoms with Crippen molar-refractivity contribution in [3.05, 3.63) is 79.9 Å². The van der Waals surface area contributed by atoms with Crippen LogP contribution in [0.4, 0.5) is 5.69 Å². The van der Waals surface area contributed by atoms with Gasteiger partial charge in [0.2, 0.25) is 5.91 Å². The molecule has 154 valence electrons. The quantitative estimate of drug-likeness (QED) is 0.518. The minimum absolute atomic E-state index is 0.113. The SMILES string of the molecule is C[C@@H](NC(=O)Cn1cnc2ccc([N+](=O)[O-])cc2c1=O)c1ccc2c(c1)CCCC2. The molecule has 0 aliphatic heterocycles. The number of amides is 1. The summed E-state index contributed by atoms with van der Waals surface area (Å²) in [6.45, 7) is 1.70. The summed E-state index contributed by atoms with van der Waals surface area (Å²) >= 11 is 0. The van der Waals surface area contributed by atoms with Crippen LogP contribution in [-0.2, 0) is 24.2 Å². The molecule has 0 unspecified atom stereocenters. The van der Waals surface area contributed by atoms with Gasteiger partial charge >= 0.3 is 0 Å². The lowest BCUT2D eigenvalue weighted by molar-refractivity contribution is -0.384. The van der Waals surface area contributed by atoms with Crippen LogP contribution in [-0.4, -0.2) is 20.4 Å². The average Bonchev–Trinajstić information content (AvgIpc) is 2.75. The molecule has 30 heavy (non-hydrogen) atoms. The lowest BCUT2D eigenvalue weighted by atomic mass is 9.89. The standard InChI is InChI=1S/C22H22N4O4/c1-14(16-7-6-15-4-2-3-5-17(15)10-16)24-21(27)12-25-13-23-20-9-8-18(26(29)30)11-19(20)22(25)28/h6-11,13-14H,2-5,12H2,1H3,(H,24,27)/t14-/m1/s1. The molecule has 2 aromatic carbocycles. The Balaban J connectivity index is 1.51. The Labute approximate surface area is 172 Å². The van der Waals surface area contributed by atoms with Crippen molar-refractivity contribution in [3.63, 3.8) is 0 Å². The minimum atomic E-state index is -0.566. The van der Waals surface area contributed by atoms with Crippen molar-refractivity contribution in [1.82, 2.24) is 14.9 Å². The Morgan fingerprint density at radius 3 is 2.73 bits per heavy atom. The van der Waals surface area contributed by atoms with E-state index in [-0.39, 0.29) is 29.6 Å². The van der Waals surface area contributed by atoms with E-state index < -0.39 is 10.5 Å². The van der Waals surface area contributed by atoms with Gasteiger partial charge in [-0.25, -0.2) is 4.98 Å². The average molecular weight is 406 g/mol. The highest BCUT2D eigenvalue weighted by atomic mass is 16.6. The number of nitro benzene ring substituents is 1. The Hall–Kier alpha value is -3.55. The van der Waals surface area contributed by atoms with Crippen LogP contribution in [0, 0.1) is 10.1 Å². The molecule has 1 aromatic heterocycles. The van der Waals surface area contributed by atoms with E-state index in [0.29, 0.717) is 5.52 Å². The van der Waals surface area contributed by atoms with Crippen LogP contribution in [0.1, 0.15) is 42.5 Å². The summed E-state index contributed by atoms with van der Waals surface area (Å²) in [6, 6.07) is 10.0. The third-order valence-corrected chi connectivity index (χ3v) is 5.58.